The summed E-state index contributed by atoms with van der Waals surface area (Å²) < 4.78 is 7.39. The first kappa shape index (κ1) is 17.2. The van der Waals surface area contributed by atoms with Gasteiger partial charge in [0.05, 0.1) is 19.2 Å². The number of rotatable bonds is 4. The second kappa shape index (κ2) is 7.17. The molecule has 1 N–H and O–H groups in total. The highest BCUT2D eigenvalue weighted by atomic mass is 32.1. The molecule has 4 aromatic rings. The number of aromatic amines is 1. The predicted molar refractivity (Wildman–Crippen MR) is 107 cm³/mol. The summed E-state index contributed by atoms with van der Waals surface area (Å²) in [5.74, 6) is 0.200. The fourth-order valence-electron chi connectivity index (χ4n) is 3.14. The highest BCUT2D eigenvalue weighted by Gasteiger charge is 2.19. The molecule has 27 heavy (non-hydrogen) atoms. The molecule has 0 aliphatic heterocycles. The molecule has 0 aliphatic carbocycles. The first-order valence-corrected chi connectivity index (χ1v) is 8.89. The number of benzene rings is 3. The van der Waals surface area contributed by atoms with Gasteiger partial charge in [-0.25, -0.2) is 4.79 Å². The van der Waals surface area contributed by atoms with Crippen molar-refractivity contribution in [3.05, 3.63) is 82.6 Å². The van der Waals surface area contributed by atoms with E-state index in [1.807, 2.05) is 71.3 Å². The topological polar surface area (TPSA) is 59.9 Å². The average molecular weight is 375 g/mol. The average Bonchev–Trinajstić information content (AvgIpc) is 3.07. The molecule has 0 fully saturated rings. The van der Waals surface area contributed by atoms with Crippen LogP contribution in [0.4, 0.5) is 0 Å². The zero-order valence-corrected chi connectivity index (χ0v) is 15.5. The number of hydrogen-bond donors (Lipinski definition) is 1. The maximum Gasteiger partial charge on any atom is 0.338 e. The van der Waals surface area contributed by atoms with E-state index >= 15 is 0 Å². The highest BCUT2D eigenvalue weighted by molar-refractivity contribution is 7.71. The van der Waals surface area contributed by atoms with Crippen LogP contribution in [0.1, 0.15) is 15.9 Å². The lowest BCUT2D eigenvalue weighted by Crippen LogP contribution is -2.08. The Morgan fingerprint density at radius 2 is 1.74 bits per heavy atom. The predicted octanol–water partition coefficient (Wildman–Crippen LogP) is 4.60. The van der Waals surface area contributed by atoms with Crippen molar-refractivity contribution in [2.24, 2.45) is 0 Å². The molecule has 3 aromatic carbocycles. The Morgan fingerprint density at radius 3 is 2.44 bits per heavy atom. The molecule has 0 aliphatic rings. The van der Waals surface area contributed by atoms with Crippen LogP contribution in [-0.2, 0) is 11.3 Å². The van der Waals surface area contributed by atoms with Crippen LogP contribution in [0.3, 0.4) is 0 Å². The van der Waals surface area contributed by atoms with E-state index in [4.69, 9.17) is 17.0 Å². The number of H-pyrrole nitrogens is 1. The summed E-state index contributed by atoms with van der Waals surface area (Å²) in [4.78, 5) is 12.4. The van der Waals surface area contributed by atoms with Crippen LogP contribution in [0.25, 0.3) is 22.2 Å². The van der Waals surface area contributed by atoms with Gasteiger partial charge in [0.1, 0.15) is 0 Å². The molecule has 1 aromatic heterocycles. The van der Waals surface area contributed by atoms with E-state index in [2.05, 4.69) is 10.2 Å². The molecular weight excluding hydrogens is 358 g/mol. The third-order valence-electron chi connectivity index (χ3n) is 4.47. The van der Waals surface area contributed by atoms with Crippen molar-refractivity contribution in [3.63, 3.8) is 0 Å². The summed E-state index contributed by atoms with van der Waals surface area (Å²) in [5.41, 5.74) is 2.24. The van der Waals surface area contributed by atoms with Gasteiger partial charge in [0.2, 0.25) is 0 Å². The molecule has 0 amide bonds. The Bertz CT molecular complexity index is 1180. The number of aromatic nitrogens is 3. The zero-order valence-electron chi connectivity index (χ0n) is 14.7. The largest absolute Gasteiger partial charge is 0.465 e. The number of esters is 1. The minimum absolute atomic E-state index is 0.407. The minimum Gasteiger partial charge on any atom is -0.465 e. The van der Waals surface area contributed by atoms with Gasteiger partial charge in [-0.2, -0.15) is 5.10 Å². The second-order valence-electron chi connectivity index (χ2n) is 6.16. The maximum absolute atomic E-state index is 12.4. The molecule has 0 atom stereocenters. The molecule has 0 spiro atoms. The number of hydrogen-bond acceptors (Lipinski definition) is 4. The molecular formula is C21H17N3O2S. The molecule has 0 bridgehead atoms. The van der Waals surface area contributed by atoms with Crippen LogP contribution in [0, 0.1) is 4.77 Å². The number of nitrogens with zero attached hydrogens (tertiary/aromatic N) is 2. The molecule has 0 unspecified atom stereocenters. The van der Waals surface area contributed by atoms with E-state index in [9.17, 15) is 4.79 Å². The Balaban J connectivity index is 1.92. The van der Waals surface area contributed by atoms with Crippen molar-refractivity contribution >= 4 is 29.0 Å². The van der Waals surface area contributed by atoms with Gasteiger partial charge >= 0.3 is 5.97 Å². The first-order valence-electron chi connectivity index (χ1n) is 8.48. The highest BCUT2D eigenvalue weighted by Crippen LogP contribution is 2.29. The molecule has 6 heteroatoms. The first-order chi connectivity index (χ1) is 13.2. The van der Waals surface area contributed by atoms with Crippen molar-refractivity contribution in [3.8, 4) is 11.4 Å². The van der Waals surface area contributed by atoms with Gasteiger partial charge in [0, 0.05) is 5.56 Å². The van der Waals surface area contributed by atoms with E-state index in [1.54, 1.807) is 0 Å². The maximum atomic E-state index is 12.4. The van der Waals surface area contributed by atoms with E-state index < -0.39 is 5.97 Å². The van der Waals surface area contributed by atoms with Gasteiger partial charge in [0.25, 0.3) is 0 Å². The third-order valence-corrected chi connectivity index (χ3v) is 4.79. The quantitative estimate of drug-likeness (QED) is 0.418. The van der Waals surface area contributed by atoms with Crippen molar-refractivity contribution in [1.82, 2.24) is 14.8 Å². The standard InChI is InChI=1S/C21H17N3O2S/c1-26-20(25)18-12-16-10-6-5-9-15(16)11-17(18)19-22-23-21(27)24(19)13-14-7-3-2-4-8-14/h2-12H,13H2,1H3,(H,23,27). The summed E-state index contributed by atoms with van der Waals surface area (Å²) in [7, 11) is 1.38. The van der Waals surface area contributed by atoms with E-state index in [0.29, 0.717) is 28.3 Å². The van der Waals surface area contributed by atoms with Gasteiger partial charge in [-0.05, 0) is 40.7 Å². The summed E-state index contributed by atoms with van der Waals surface area (Å²) in [6.07, 6.45) is 0. The van der Waals surface area contributed by atoms with Crippen LogP contribution in [-0.4, -0.2) is 27.8 Å². The van der Waals surface area contributed by atoms with Gasteiger partial charge in [-0.1, -0.05) is 54.6 Å². The molecule has 134 valence electrons. The molecule has 0 saturated carbocycles. The number of carbonyl (C=O) groups is 1. The lowest BCUT2D eigenvalue weighted by Gasteiger charge is -2.12. The fraction of sp³-hybridized carbons (Fsp3) is 0.0952. The Labute approximate surface area is 161 Å². The molecule has 1 heterocycles. The van der Waals surface area contributed by atoms with Crippen molar-refractivity contribution in [2.75, 3.05) is 7.11 Å². The normalized spacial score (nSPS) is 10.9. The summed E-state index contributed by atoms with van der Waals surface area (Å²) in [6, 6.07) is 21.6. The Kier molecular flexibility index (Phi) is 4.56. The molecule has 0 saturated heterocycles. The number of nitrogens with one attached hydrogen (secondary N) is 1. The van der Waals surface area contributed by atoms with Gasteiger partial charge < -0.3 is 4.74 Å². The van der Waals surface area contributed by atoms with Crippen molar-refractivity contribution in [2.45, 2.75) is 6.54 Å². The van der Waals surface area contributed by atoms with Crippen LogP contribution >= 0.6 is 12.2 Å². The van der Waals surface area contributed by atoms with Crippen LogP contribution < -0.4 is 0 Å². The van der Waals surface area contributed by atoms with E-state index in [0.717, 1.165) is 16.3 Å². The van der Waals surface area contributed by atoms with Gasteiger partial charge in [0.15, 0.2) is 10.6 Å². The Hall–Kier alpha value is -3.25. The van der Waals surface area contributed by atoms with Gasteiger partial charge in [-0.3, -0.25) is 9.67 Å². The third kappa shape index (κ3) is 3.27. The van der Waals surface area contributed by atoms with E-state index in [-0.39, 0.29) is 0 Å². The number of methoxy groups -OCH3 is 1. The lowest BCUT2D eigenvalue weighted by atomic mass is 10.00. The second-order valence-corrected chi connectivity index (χ2v) is 6.55. The summed E-state index contributed by atoms with van der Waals surface area (Å²) >= 11 is 5.43. The van der Waals surface area contributed by atoms with Crippen molar-refractivity contribution < 1.29 is 9.53 Å². The monoisotopic (exact) mass is 375 g/mol. The smallest absolute Gasteiger partial charge is 0.338 e. The van der Waals surface area contributed by atoms with Crippen LogP contribution in [0.5, 0.6) is 0 Å². The molecule has 5 nitrogen and oxygen atoms in total. The molecule has 4 rings (SSSR count). The fourth-order valence-corrected chi connectivity index (χ4v) is 3.34. The van der Waals surface area contributed by atoms with Gasteiger partial charge in [-0.15, -0.1) is 0 Å². The number of carbonyl (C=O) groups excluding carboxylic acids is 1. The SMILES string of the molecule is COC(=O)c1cc2ccccc2cc1-c1n[nH]c(=S)n1Cc1ccccc1. The van der Waals surface area contributed by atoms with Crippen LogP contribution in [0.15, 0.2) is 66.7 Å². The lowest BCUT2D eigenvalue weighted by molar-refractivity contribution is 0.0601. The minimum atomic E-state index is -0.407. The summed E-state index contributed by atoms with van der Waals surface area (Å²) in [6.45, 7) is 0.555. The Morgan fingerprint density at radius 1 is 1.07 bits per heavy atom. The van der Waals surface area contributed by atoms with Crippen molar-refractivity contribution in [1.29, 1.82) is 0 Å². The van der Waals surface area contributed by atoms with Crippen LogP contribution in [0.2, 0.25) is 0 Å². The summed E-state index contributed by atoms with van der Waals surface area (Å²) in [5, 5.41) is 9.23. The van der Waals surface area contributed by atoms with E-state index in [1.165, 1.54) is 7.11 Å². The number of ether oxygens (including phenoxy) is 1. The molecule has 0 radical (unpaired) electrons. The zero-order chi connectivity index (χ0) is 18.8. The number of fused-ring (bicyclic) bond motifs is 1.